The lowest BCUT2D eigenvalue weighted by molar-refractivity contribution is -0.139. The highest BCUT2D eigenvalue weighted by molar-refractivity contribution is 5.76. The molecular weight excluding hydrogens is 986 g/mol. The minimum atomic E-state index is -4.58. The molecule has 6 aromatic carbocycles. The average molecular weight is 1040 g/mol. The largest absolute Gasteiger partial charge is 0.480 e. The molecule has 0 fully saturated rings. The molecule has 0 saturated heterocycles. The Morgan fingerprint density at radius 2 is 1.09 bits per heavy atom. The molecule has 0 amide bonds. The Morgan fingerprint density at radius 3 is 1.65 bits per heavy atom. The van der Waals surface area contributed by atoms with Crippen molar-refractivity contribution in [3.63, 3.8) is 0 Å². The van der Waals surface area contributed by atoms with Crippen LogP contribution in [0.3, 0.4) is 0 Å². The molecule has 392 valence electrons. The third-order valence-electron chi connectivity index (χ3n) is 11.7. The molecular formula is C56H53F7N6O6. The smallest absolute Gasteiger partial charge is 0.417 e. The third-order valence-corrected chi connectivity index (χ3v) is 11.7. The topological polar surface area (TPSA) is 159 Å². The molecule has 0 atom stereocenters. The minimum absolute atomic E-state index is 0.0157. The molecule has 0 spiro atoms. The van der Waals surface area contributed by atoms with Crippen LogP contribution >= 0.6 is 0 Å². The van der Waals surface area contributed by atoms with E-state index in [0.29, 0.717) is 45.5 Å². The lowest BCUT2D eigenvalue weighted by Gasteiger charge is -2.24. The zero-order valence-corrected chi connectivity index (χ0v) is 41.9. The van der Waals surface area contributed by atoms with Gasteiger partial charge in [0.15, 0.2) is 0 Å². The lowest BCUT2D eigenvalue weighted by atomic mass is 9.94. The molecule has 0 aliphatic heterocycles. The number of hydrogen-bond acceptors (Lipinski definition) is 10. The van der Waals surface area contributed by atoms with Gasteiger partial charge in [0.1, 0.15) is 5.82 Å². The highest BCUT2D eigenvalue weighted by atomic mass is 19.4. The molecule has 2 N–H and O–H groups in total. The van der Waals surface area contributed by atoms with Gasteiger partial charge in [-0.3, -0.25) is 19.4 Å². The Bertz CT molecular complexity index is 3260. The Balaban J connectivity index is 0.000000236. The summed E-state index contributed by atoms with van der Waals surface area (Å²) in [5.74, 6) is -2.01. The number of carboxylic acids is 2. The van der Waals surface area contributed by atoms with E-state index in [1.807, 2.05) is 39.8 Å². The van der Waals surface area contributed by atoms with E-state index in [1.54, 1.807) is 92.5 Å². The van der Waals surface area contributed by atoms with Gasteiger partial charge in [-0.15, -0.1) is 0 Å². The van der Waals surface area contributed by atoms with E-state index in [2.05, 4.69) is 20.3 Å². The van der Waals surface area contributed by atoms with Gasteiger partial charge in [-0.05, 0) is 116 Å². The number of aryl methyl sites for hydroxylation is 2. The Kier molecular flexibility index (Phi) is 18.3. The lowest BCUT2D eigenvalue weighted by Crippen LogP contribution is -2.35. The number of aliphatic carboxylic acids is 2. The Morgan fingerprint density at radius 1 is 0.573 bits per heavy atom. The molecule has 8 aromatic rings. The first kappa shape index (κ1) is 56.3. The predicted octanol–water partition coefficient (Wildman–Crippen LogP) is 13.8. The predicted molar refractivity (Wildman–Crippen MR) is 269 cm³/mol. The average Bonchev–Trinajstić information content (AvgIpc) is 4.07. The van der Waals surface area contributed by atoms with Crippen LogP contribution < -0.4 is 0 Å². The monoisotopic (exact) mass is 1040 g/mol. The van der Waals surface area contributed by atoms with Crippen molar-refractivity contribution >= 4 is 11.9 Å². The minimum Gasteiger partial charge on any atom is -0.480 e. The summed E-state index contributed by atoms with van der Waals surface area (Å²) in [6, 6.07) is 32.7. The van der Waals surface area contributed by atoms with Crippen molar-refractivity contribution in [2.24, 2.45) is 0 Å². The number of aromatic nitrogens is 4. The second kappa shape index (κ2) is 24.3. The quantitative estimate of drug-likeness (QED) is 0.0938. The van der Waals surface area contributed by atoms with E-state index in [9.17, 15) is 45.4 Å². The molecule has 12 nitrogen and oxygen atoms in total. The van der Waals surface area contributed by atoms with Crippen LogP contribution in [-0.4, -0.2) is 78.4 Å². The maximum absolute atomic E-state index is 14.6. The summed E-state index contributed by atoms with van der Waals surface area (Å²) in [6.07, 6.45) is -9.07. The van der Waals surface area contributed by atoms with E-state index >= 15 is 0 Å². The van der Waals surface area contributed by atoms with Crippen molar-refractivity contribution in [2.45, 2.75) is 73.0 Å². The summed E-state index contributed by atoms with van der Waals surface area (Å²) in [4.78, 5) is 33.9. The van der Waals surface area contributed by atoms with Crippen molar-refractivity contribution in [1.29, 1.82) is 0 Å². The van der Waals surface area contributed by atoms with Crippen LogP contribution in [0, 0.1) is 19.7 Å². The number of carboxylic acid groups (broad SMARTS) is 2. The van der Waals surface area contributed by atoms with Gasteiger partial charge >= 0.3 is 24.3 Å². The third kappa shape index (κ3) is 14.4. The fraction of sp³-hybridized carbons (Fsp3) is 0.250. The van der Waals surface area contributed by atoms with Gasteiger partial charge in [-0.2, -0.15) is 36.3 Å². The summed E-state index contributed by atoms with van der Waals surface area (Å²) in [7, 11) is 1.57. The molecule has 2 aromatic heterocycles. The van der Waals surface area contributed by atoms with Gasteiger partial charge in [-0.25, -0.2) is 4.39 Å². The first-order valence-electron chi connectivity index (χ1n) is 23.5. The molecule has 2 heterocycles. The van der Waals surface area contributed by atoms with E-state index in [0.717, 1.165) is 23.3 Å². The Hall–Kier alpha value is -8.03. The molecule has 19 heteroatoms. The summed E-state index contributed by atoms with van der Waals surface area (Å²) in [5.41, 5.74) is 3.70. The normalized spacial score (nSPS) is 11.6. The molecule has 0 aliphatic carbocycles. The number of hydrogen-bond donors (Lipinski definition) is 2. The Labute approximate surface area is 428 Å². The van der Waals surface area contributed by atoms with Crippen molar-refractivity contribution < 1.29 is 59.6 Å². The first-order valence-corrected chi connectivity index (χ1v) is 23.5. The molecule has 0 aliphatic rings. The number of nitrogens with zero attached hydrogens (tertiary/aromatic N) is 6. The van der Waals surface area contributed by atoms with Crippen LogP contribution in [-0.2, 0) is 35.0 Å². The second-order valence-corrected chi connectivity index (χ2v) is 17.5. The van der Waals surface area contributed by atoms with Crippen LogP contribution in [0.4, 0.5) is 30.7 Å². The molecule has 75 heavy (non-hydrogen) atoms. The van der Waals surface area contributed by atoms with E-state index in [-0.39, 0.29) is 65.8 Å². The van der Waals surface area contributed by atoms with Crippen molar-refractivity contribution in [1.82, 2.24) is 30.1 Å². The maximum atomic E-state index is 14.6. The fourth-order valence-electron chi connectivity index (χ4n) is 8.03. The number of rotatable bonds is 15. The zero-order valence-electron chi connectivity index (χ0n) is 41.9. The molecule has 0 unspecified atom stereocenters. The highest BCUT2D eigenvalue weighted by Crippen LogP contribution is 2.41. The van der Waals surface area contributed by atoms with Crippen LogP contribution in [0.5, 0.6) is 0 Å². The standard InChI is InChI=1S/C28H26F3N3O3.C26H21F4N3O3.C2H6/c1-17(2)34(16-25(35)36)15-19-8-6-9-20(13-19)26-32-27(37-33-26)21-11-12-23(24(14-21)28(29,30)31)22-10-5-4-7-18(22)3;1-15-11-17(9-10-19(15)20-5-3-4-6-21(20)26(28,29)30)25-31-24(32-36-25)16-7-8-18(22(27)12-16)13-33(2)14-23(34)35;1-2/h4-14,17H,15-16H2,1-3H3,(H,35,36);3-12H,13-14H2,1-2H3,(H,34,35);1-2H3. The number of benzene rings is 6. The summed E-state index contributed by atoms with van der Waals surface area (Å²) >= 11 is 0. The molecule has 0 bridgehead atoms. The molecule has 0 saturated carbocycles. The van der Waals surface area contributed by atoms with Gasteiger partial charge in [0.2, 0.25) is 11.6 Å². The van der Waals surface area contributed by atoms with Gasteiger partial charge < -0.3 is 19.3 Å². The van der Waals surface area contributed by atoms with E-state index in [1.165, 1.54) is 41.3 Å². The van der Waals surface area contributed by atoms with E-state index < -0.39 is 41.2 Å². The zero-order chi connectivity index (χ0) is 54.8. The van der Waals surface area contributed by atoms with Crippen LogP contribution in [0.2, 0.25) is 0 Å². The van der Waals surface area contributed by atoms with Gasteiger partial charge in [0.05, 0.1) is 24.2 Å². The van der Waals surface area contributed by atoms with Crippen molar-refractivity contribution in [2.75, 3.05) is 20.1 Å². The number of halogens is 7. The van der Waals surface area contributed by atoms with Gasteiger partial charge in [0.25, 0.3) is 11.8 Å². The van der Waals surface area contributed by atoms with Gasteiger partial charge in [-0.1, -0.05) is 109 Å². The number of alkyl halides is 6. The van der Waals surface area contributed by atoms with Crippen LogP contribution in [0.1, 0.15) is 61.1 Å². The van der Waals surface area contributed by atoms with Crippen LogP contribution in [0.15, 0.2) is 136 Å². The highest BCUT2D eigenvalue weighted by Gasteiger charge is 2.35. The second-order valence-electron chi connectivity index (χ2n) is 17.5. The maximum Gasteiger partial charge on any atom is 0.417 e. The van der Waals surface area contributed by atoms with Gasteiger partial charge in [0, 0.05) is 46.9 Å². The number of likely N-dealkylation sites (N-methyl/N-ethyl adjacent to an activating group) is 1. The molecule has 0 radical (unpaired) electrons. The first-order chi connectivity index (χ1) is 35.5. The van der Waals surface area contributed by atoms with Crippen molar-refractivity contribution in [3.05, 3.63) is 167 Å². The SMILES string of the molecule is CC.Cc1cc(-c2nc(-c3ccc(CN(C)CC(=O)O)c(F)c3)no2)ccc1-c1ccccc1C(F)(F)F.Cc1ccccc1-c1ccc(-c2nc(-c3cccc(CN(CC(=O)O)C(C)C)c3)no2)cc1C(F)(F)F. The summed E-state index contributed by atoms with van der Waals surface area (Å²) in [5, 5.41) is 25.9. The van der Waals surface area contributed by atoms with Crippen molar-refractivity contribution in [3.8, 4) is 67.9 Å². The summed E-state index contributed by atoms with van der Waals surface area (Å²) in [6.45, 7) is 11.5. The van der Waals surface area contributed by atoms with Crippen LogP contribution in [0.25, 0.3) is 67.9 Å². The fourth-order valence-corrected chi connectivity index (χ4v) is 8.03. The number of carbonyl (C=O) groups is 2. The summed E-state index contributed by atoms with van der Waals surface area (Å²) < 4.78 is 108. The van der Waals surface area contributed by atoms with E-state index in [4.69, 9.17) is 14.2 Å². The molecule has 8 rings (SSSR count).